The van der Waals surface area contributed by atoms with E-state index in [2.05, 4.69) is 37.1 Å². The SMILES string of the molecule is CC(CC#N)Cc1nc(-c2cncc(Br)c2)no1. The molecule has 0 fully saturated rings. The van der Waals surface area contributed by atoms with Crippen LogP contribution in [0.5, 0.6) is 0 Å². The van der Waals surface area contributed by atoms with Crippen LogP contribution in [0.15, 0.2) is 27.5 Å². The third-order valence-electron chi connectivity index (χ3n) is 2.39. The minimum Gasteiger partial charge on any atom is -0.339 e. The second-order valence-corrected chi connectivity index (χ2v) is 4.99. The van der Waals surface area contributed by atoms with E-state index in [4.69, 9.17) is 9.78 Å². The van der Waals surface area contributed by atoms with Gasteiger partial charge < -0.3 is 4.52 Å². The molecule has 2 rings (SSSR count). The molecule has 0 spiro atoms. The number of aromatic nitrogens is 3. The summed E-state index contributed by atoms with van der Waals surface area (Å²) >= 11 is 3.34. The molecule has 92 valence electrons. The van der Waals surface area contributed by atoms with Crippen molar-refractivity contribution in [2.45, 2.75) is 19.8 Å². The van der Waals surface area contributed by atoms with Gasteiger partial charge in [0.05, 0.1) is 6.07 Å². The predicted molar refractivity (Wildman–Crippen MR) is 68.3 cm³/mol. The van der Waals surface area contributed by atoms with Gasteiger partial charge in [0.25, 0.3) is 0 Å². The quantitative estimate of drug-likeness (QED) is 0.868. The Bertz CT molecular complexity index is 575. The molecule has 1 unspecified atom stereocenters. The van der Waals surface area contributed by atoms with Crippen LogP contribution >= 0.6 is 15.9 Å². The van der Waals surface area contributed by atoms with Gasteiger partial charge in [0.2, 0.25) is 11.7 Å². The summed E-state index contributed by atoms with van der Waals surface area (Å²) in [6.45, 7) is 1.98. The summed E-state index contributed by atoms with van der Waals surface area (Å²) < 4.78 is 6.03. The van der Waals surface area contributed by atoms with Crippen LogP contribution in [0.3, 0.4) is 0 Å². The van der Waals surface area contributed by atoms with Crippen LogP contribution in [-0.4, -0.2) is 15.1 Å². The molecule has 0 saturated heterocycles. The predicted octanol–water partition coefficient (Wildman–Crippen LogP) is 2.99. The number of hydrogen-bond donors (Lipinski definition) is 0. The summed E-state index contributed by atoms with van der Waals surface area (Å²) in [6.07, 6.45) is 4.47. The smallest absolute Gasteiger partial charge is 0.227 e. The zero-order valence-electron chi connectivity index (χ0n) is 9.80. The van der Waals surface area contributed by atoms with E-state index < -0.39 is 0 Å². The third kappa shape index (κ3) is 3.14. The van der Waals surface area contributed by atoms with Crippen molar-refractivity contribution in [2.75, 3.05) is 0 Å². The first-order valence-electron chi connectivity index (χ1n) is 5.49. The first kappa shape index (κ1) is 12.7. The molecule has 0 radical (unpaired) electrons. The van der Waals surface area contributed by atoms with Gasteiger partial charge in [0, 0.05) is 35.3 Å². The summed E-state index contributed by atoms with van der Waals surface area (Å²) in [6, 6.07) is 4.00. The van der Waals surface area contributed by atoms with Crippen LogP contribution < -0.4 is 0 Å². The lowest BCUT2D eigenvalue weighted by atomic mass is 10.1. The Labute approximate surface area is 113 Å². The van der Waals surface area contributed by atoms with Crippen LogP contribution in [-0.2, 0) is 6.42 Å². The number of pyridine rings is 1. The van der Waals surface area contributed by atoms with Gasteiger partial charge in [-0.1, -0.05) is 12.1 Å². The molecule has 6 heteroatoms. The molecule has 0 bridgehead atoms. The zero-order valence-corrected chi connectivity index (χ0v) is 11.4. The minimum atomic E-state index is 0.212. The lowest BCUT2D eigenvalue weighted by Gasteiger charge is -2.00. The Hall–Kier alpha value is -1.74. The van der Waals surface area contributed by atoms with E-state index in [1.54, 1.807) is 12.4 Å². The van der Waals surface area contributed by atoms with Crippen molar-refractivity contribution >= 4 is 15.9 Å². The van der Waals surface area contributed by atoms with Crippen LogP contribution in [0, 0.1) is 17.2 Å². The monoisotopic (exact) mass is 306 g/mol. The molecule has 18 heavy (non-hydrogen) atoms. The number of nitrogens with zero attached hydrogens (tertiary/aromatic N) is 4. The van der Waals surface area contributed by atoms with E-state index in [1.165, 1.54) is 0 Å². The summed E-state index contributed by atoms with van der Waals surface area (Å²) in [5.74, 6) is 1.28. The molecule has 0 aliphatic rings. The molecule has 0 aliphatic carbocycles. The molecule has 2 aromatic heterocycles. The average Bonchev–Trinajstić information content (AvgIpc) is 2.78. The highest BCUT2D eigenvalue weighted by atomic mass is 79.9. The fraction of sp³-hybridized carbons (Fsp3) is 0.333. The van der Waals surface area contributed by atoms with Crippen molar-refractivity contribution in [3.05, 3.63) is 28.8 Å². The lowest BCUT2D eigenvalue weighted by Crippen LogP contribution is -1.98. The highest BCUT2D eigenvalue weighted by Crippen LogP contribution is 2.20. The standard InChI is InChI=1S/C12H11BrN4O/c1-8(2-3-14)4-11-16-12(17-18-11)9-5-10(13)7-15-6-9/h5-8H,2,4H2,1H3. The largest absolute Gasteiger partial charge is 0.339 e. The molecule has 2 heterocycles. The molecule has 0 amide bonds. The summed E-state index contributed by atoms with van der Waals surface area (Å²) in [7, 11) is 0. The molecule has 0 aliphatic heterocycles. The molecular weight excluding hydrogens is 296 g/mol. The second-order valence-electron chi connectivity index (χ2n) is 4.08. The number of hydrogen-bond acceptors (Lipinski definition) is 5. The van der Waals surface area contributed by atoms with Gasteiger partial charge in [-0.3, -0.25) is 4.98 Å². The average molecular weight is 307 g/mol. The van der Waals surface area contributed by atoms with E-state index in [9.17, 15) is 0 Å². The Morgan fingerprint density at radius 1 is 1.50 bits per heavy atom. The maximum Gasteiger partial charge on any atom is 0.227 e. The fourth-order valence-electron chi connectivity index (χ4n) is 1.52. The molecule has 0 N–H and O–H groups in total. The molecule has 0 aromatic carbocycles. The zero-order chi connectivity index (χ0) is 13.0. The van der Waals surface area contributed by atoms with Crippen LogP contribution in [0.25, 0.3) is 11.4 Å². The molecule has 2 aromatic rings. The van der Waals surface area contributed by atoms with E-state index in [0.717, 1.165) is 10.0 Å². The van der Waals surface area contributed by atoms with Crippen LogP contribution in [0.1, 0.15) is 19.2 Å². The van der Waals surface area contributed by atoms with E-state index in [1.807, 2.05) is 13.0 Å². The van der Waals surface area contributed by atoms with Crippen molar-refractivity contribution in [1.29, 1.82) is 5.26 Å². The van der Waals surface area contributed by atoms with Crippen molar-refractivity contribution in [2.24, 2.45) is 5.92 Å². The van der Waals surface area contributed by atoms with Gasteiger partial charge in [-0.15, -0.1) is 0 Å². The van der Waals surface area contributed by atoms with Gasteiger partial charge in [0.1, 0.15) is 0 Å². The fourth-order valence-corrected chi connectivity index (χ4v) is 1.88. The second kappa shape index (κ2) is 5.74. The summed E-state index contributed by atoms with van der Waals surface area (Å²) in [4.78, 5) is 8.34. The number of nitriles is 1. The Morgan fingerprint density at radius 3 is 3.06 bits per heavy atom. The van der Waals surface area contributed by atoms with Crippen LogP contribution in [0.2, 0.25) is 0 Å². The topological polar surface area (TPSA) is 75.6 Å². The lowest BCUT2D eigenvalue weighted by molar-refractivity contribution is 0.359. The molecule has 1 atom stereocenters. The van der Waals surface area contributed by atoms with Crippen molar-refractivity contribution in [1.82, 2.24) is 15.1 Å². The molecular formula is C12H11BrN4O. The molecule has 0 saturated carbocycles. The van der Waals surface area contributed by atoms with Gasteiger partial charge >= 0.3 is 0 Å². The van der Waals surface area contributed by atoms with Gasteiger partial charge in [0.15, 0.2) is 0 Å². The number of halogens is 1. The maximum atomic E-state index is 8.60. The van der Waals surface area contributed by atoms with Crippen molar-refractivity contribution < 1.29 is 4.52 Å². The first-order chi connectivity index (χ1) is 8.69. The van der Waals surface area contributed by atoms with Gasteiger partial charge in [-0.25, -0.2) is 0 Å². The van der Waals surface area contributed by atoms with Crippen molar-refractivity contribution in [3.8, 4) is 17.5 Å². The van der Waals surface area contributed by atoms with Gasteiger partial charge in [-0.2, -0.15) is 10.2 Å². The Morgan fingerprint density at radius 2 is 2.33 bits per heavy atom. The highest BCUT2D eigenvalue weighted by molar-refractivity contribution is 9.10. The molecule has 5 nitrogen and oxygen atoms in total. The Kier molecular flexibility index (Phi) is 4.05. The number of rotatable bonds is 4. The normalized spacial score (nSPS) is 12.1. The third-order valence-corrected chi connectivity index (χ3v) is 2.83. The van der Waals surface area contributed by atoms with E-state index in [0.29, 0.717) is 24.6 Å². The van der Waals surface area contributed by atoms with Gasteiger partial charge in [-0.05, 0) is 27.9 Å². The van der Waals surface area contributed by atoms with E-state index in [-0.39, 0.29) is 5.92 Å². The summed E-state index contributed by atoms with van der Waals surface area (Å²) in [5, 5.41) is 12.5. The van der Waals surface area contributed by atoms with Crippen LogP contribution in [0.4, 0.5) is 0 Å². The minimum absolute atomic E-state index is 0.212. The Balaban J connectivity index is 2.13. The first-order valence-corrected chi connectivity index (χ1v) is 6.29. The maximum absolute atomic E-state index is 8.60. The van der Waals surface area contributed by atoms with Crippen molar-refractivity contribution in [3.63, 3.8) is 0 Å². The summed E-state index contributed by atoms with van der Waals surface area (Å²) in [5.41, 5.74) is 0.798. The highest BCUT2D eigenvalue weighted by Gasteiger charge is 2.12. The van der Waals surface area contributed by atoms with E-state index >= 15 is 0 Å².